The van der Waals surface area contributed by atoms with Gasteiger partial charge in [-0.2, -0.15) is 0 Å². The Kier molecular flexibility index (Phi) is 5.84. The molecule has 0 unspecified atom stereocenters. The zero-order chi connectivity index (χ0) is 17.6. The number of hydrogen-bond donors (Lipinski definition) is 2. The van der Waals surface area contributed by atoms with Crippen LogP contribution in [0.5, 0.6) is 11.5 Å². The van der Waals surface area contributed by atoms with Crippen LogP contribution in [0.25, 0.3) is 6.08 Å². The van der Waals surface area contributed by atoms with Gasteiger partial charge in [-0.25, -0.2) is 0 Å². The molecule has 0 spiro atoms. The van der Waals surface area contributed by atoms with Crippen molar-refractivity contribution in [2.45, 2.75) is 38.1 Å². The lowest BCUT2D eigenvalue weighted by atomic mass is 9.74. The standard InChI is InChI=1S/C18H23NO5/c1-3-5-13-6-7-14(15(10-13)23-2)24-12-16(20)19-18(8-4-9-18)11-17(21)22/h3,5-7,10H,4,8-9,11-12H2,1-2H3,(H,19,20)(H,21,22)/b5-3+. The molecule has 1 amide bonds. The second-order valence-corrected chi connectivity index (χ2v) is 5.95. The molecular formula is C18H23NO5. The van der Waals surface area contributed by atoms with Crippen LogP contribution in [0.15, 0.2) is 24.3 Å². The van der Waals surface area contributed by atoms with Gasteiger partial charge in [0.1, 0.15) is 0 Å². The number of aliphatic carboxylic acids is 1. The monoisotopic (exact) mass is 333 g/mol. The molecule has 0 bridgehead atoms. The van der Waals surface area contributed by atoms with Crippen molar-refractivity contribution >= 4 is 18.0 Å². The smallest absolute Gasteiger partial charge is 0.305 e. The summed E-state index contributed by atoms with van der Waals surface area (Å²) in [5, 5.41) is 11.8. The van der Waals surface area contributed by atoms with Gasteiger partial charge in [0.25, 0.3) is 5.91 Å². The van der Waals surface area contributed by atoms with Crippen LogP contribution in [0.1, 0.15) is 38.2 Å². The van der Waals surface area contributed by atoms with Gasteiger partial charge in [-0.3, -0.25) is 9.59 Å². The third-order valence-electron chi connectivity index (χ3n) is 4.11. The van der Waals surface area contributed by atoms with E-state index in [1.165, 1.54) is 7.11 Å². The summed E-state index contributed by atoms with van der Waals surface area (Å²) in [4.78, 5) is 23.0. The second kappa shape index (κ2) is 7.86. The molecule has 0 saturated heterocycles. The van der Waals surface area contributed by atoms with E-state index in [-0.39, 0.29) is 18.9 Å². The third kappa shape index (κ3) is 4.50. The van der Waals surface area contributed by atoms with E-state index in [0.717, 1.165) is 12.0 Å². The number of benzene rings is 1. The Labute approximate surface area is 141 Å². The number of amides is 1. The molecule has 1 aromatic rings. The minimum absolute atomic E-state index is 0.0554. The second-order valence-electron chi connectivity index (χ2n) is 5.95. The maximum absolute atomic E-state index is 12.1. The number of carboxylic acid groups (broad SMARTS) is 1. The molecule has 130 valence electrons. The number of allylic oxidation sites excluding steroid dienone is 1. The molecule has 1 aliphatic carbocycles. The van der Waals surface area contributed by atoms with E-state index >= 15 is 0 Å². The van der Waals surface area contributed by atoms with Gasteiger partial charge in [0.05, 0.1) is 19.1 Å². The fourth-order valence-electron chi connectivity index (χ4n) is 2.81. The molecule has 0 aromatic heterocycles. The Morgan fingerprint density at radius 2 is 2.08 bits per heavy atom. The fourth-order valence-corrected chi connectivity index (χ4v) is 2.81. The largest absolute Gasteiger partial charge is 0.493 e. The van der Waals surface area contributed by atoms with Crippen LogP contribution in [-0.2, 0) is 9.59 Å². The number of carboxylic acids is 1. The van der Waals surface area contributed by atoms with Crippen LogP contribution in [-0.4, -0.2) is 36.2 Å². The van der Waals surface area contributed by atoms with Crippen molar-refractivity contribution in [3.8, 4) is 11.5 Å². The number of rotatable bonds is 8. The molecule has 1 fully saturated rings. The number of ether oxygens (including phenoxy) is 2. The van der Waals surface area contributed by atoms with E-state index in [1.807, 2.05) is 31.2 Å². The van der Waals surface area contributed by atoms with E-state index < -0.39 is 11.5 Å². The average molecular weight is 333 g/mol. The molecule has 24 heavy (non-hydrogen) atoms. The van der Waals surface area contributed by atoms with Crippen LogP contribution in [0.2, 0.25) is 0 Å². The van der Waals surface area contributed by atoms with E-state index in [9.17, 15) is 9.59 Å². The fraction of sp³-hybridized carbons (Fsp3) is 0.444. The van der Waals surface area contributed by atoms with Gasteiger partial charge >= 0.3 is 5.97 Å². The lowest BCUT2D eigenvalue weighted by Crippen LogP contribution is -2.55. The third-order valence-corrected chi connectivity index (χ3v) is 4.11. The number of carbonyl (C=O) groups is 2. The highest BCUT2D eigenvalue weighted by Crippen LogP contribution is 2.35. The van der Waals surface area contributed by atoms with Crippen LogP contribution in [0.3, 0.4) is 0 Å². The molecule has 6 heteroatoms. The van der Waals surface area contributed by atoms with Gasteiger partial charge in [-0.15, -0.1) is 0 Å². The molecule has 6 nitrogen and oxygen atoms in total. The van der Waals surface area contributed by atoms with Crippen LogP contribution >= 0.6 is 0 Å². The molecule has 0 atom stereocenters. The first-order valence-corrected chi connectivity index (χ1v) is 7.94. The zero-order valence-electron chi connectivity index (χ0n) is 14.0. The van der Waals surface area contributed by atoms with Crippen LogP contribution in [0.4, 0.5) is 0 Å². The first-order chi connectivity index (χ1) is 11.5. The molecule has 1 aliphatic rings. The summed E-state index contributed by atoms with van der Waals surface area (Å²) in [6, 6.07) is 5.44. The number of hydrogen-bond acceptors (Lipinski definition) is 4. The zero-order valence-corrected chi connectivity index (χ0v) is 14.0. The van der Waals surface area contributed by atoms with Crippen molar-refractivity contribution in [2.24, 2.45) is 0 Å². The lowest BCUT2D eigenvalue weighted by Gasteiger charge is -2.41. The van der Waals surface area contributed by atoms with Crippen molar-refractivity contribution in [3.63, 3.8) is 0 Å². The first-order valence-electron chi connectivity index (χ1n) is 7.94. The summed E-state index contributed by atoms with van der Waals surface area (Å²) in [5.74, 6) is -0.211. The van der Waals surface area contributed by atoms with Gasteiger partial charge in [-0.05, 0) is 43.9 Å². The minimum Gasteiger partial charge on any atom is -0.493 e. The van der Waals surface area contributed by atoms with Crippen molar-refractivity contribution in [1.29, 1.82) is 0 Å². The van der Waals surface area contributed by atoms with E-state index in [4.69, 9.17) is 14.6 Å². The maximum Gasteiger partial charge on any atom is 0.305 e. The summed E-state index contributed by atoms with van der Waals surface area (Å²) in [6.45, 7) is 1.75. The number of methoxy groups -OCH3 is 1. The Bertz CT molecular complexity index is 634. The average Bonchev–Trinajstić information content (AvgIpc) is 2.51. The van der Waals surface area contributed by atoms with Crippen molar-refractivity contribution in [2.75, 3.05) is 13.7 Å². The minimum atomic E-state index is -0.905. The summed E-state index contributed by atoms with van der Waals surface area (Å²) >= 11 is 0. The van der Waals surface area contributed by atoms with Gasteiger partial charge in [0.2, 0.25) is 0 Å². The Hall–Kier alpha value is -2.50. The van der Waals surface area contributed by atoms with E-state index in [2.05, 4.69) is 5.32 Å². The molecule has 0 aliphatic heterocycles. The predicted octanol–water partition coefficient (Wildman–Crippen LogP) is 2.62. The predicted molar refractivity (Wildman–Crippen MR) is 90.2 cm³/mol. The number of nitrogens with one attached hydrogen (secondary N) is 1. The Balaban J connectivity index is 1.95. The summed E-state index contributed by atoms with van der Waals surface area (Å²) in [6.07, 6.45) is 6.10. The normalized spacial score (nSPS) is 15.6. The van der Waals surface area contributed by atoms with Crippen LogP contribution in [0, 0.1) is 0 Å². The van der Waals surface area contributed by atoms with Gasteiger partial charge in [0, 0.05) is 0 Å². The Morgan fingerprint density at radius 3 is 2.62 bits per heavy atom. The van der Waals surface area contributed by atoms with Gasteiger partial charge in [0.15, 0.2) is 18.1 Å². The van der Waals surface area contributed by atoms with Crippen molar-refractivity contribution in [1.82, 2.24) is 5.32 Å². The quantitative estimate of drug-likeness (QED) is 0.764. The van der Waals surface area contributed by atoms with Gasteiger partial charge < -0.3 is 19.9 Å². The molecule has 2 N–H and O–H groups in total. The maximum atomic E-state index is 12.1. The van der Waals surface area contributed by atoms with Crippen molar-refractivity contribution < 1.29 is 24.2 Å². The topological polar surface area (TPSA) is 84.9 Å². The molecule has 0 radical (unpaired) electrons. The molecule has 1 aromatic carbocycles. The number of carbonyl (C=O) groups excluding carboxylic acids is 1. The first kappa shape index (κ1) is 17.8. The molecule has 2 rings (SSSR count). The summed E-state index contributed by atoms with van der Waals surface area (Å²) in [5.41, 5.74) is 0.354. The highest BCUT2D eigenvalue weighted by Gasteiger charge is 2.40. The van der Waals surface area contributed by atoms with E-state index in [0.29, 0.717) is 24.3 Å². The molecular weight excluding hydrogens is 310 g/mol. The summed E-state index contributed by atoms with van der Waals surface area (Å²) < 4.78 is 10.8. The van der Waals surface area contributed by atoms with E-state index in [1.54, 1.807) is 6.07 Å². The SMILES string of the molecule is C/C=C/c1ccc(OCC(=O)NC2(CC(=O)O)CCC2)c(OC)c1. The lowest BCUT2D eigenvalue weighted by molar-refractivity contribution is -0.140. The molecule has 0 heterocycles. The molecule has 1 saturated carbocycles. The summed E-state index contributed by atoms with van der Waals surface area (Å²) in [7, 11) is 1.54. The Morgan fingerprint density at radius 1 is 1.33 bits per heavy atom. The van der Waals surface area contributed by atoms with Gasteiger partial charge in [-0.1, -0.05) is 18.2 Å². The van der Waals surface area contributed by atoms with Crippen molar-refractivity contribution in [3.05, 3.63) is 29.8 Å². The highest BCUT2D eigenvalue weighted by molar-refractivity contribution is 5.80. The van der Waals surface area contributed by atoms with Crippen LogP contribution < -0.4 is 14.8 Å². The highest BCUT2D eigenvalue weighted by atomic mass is 16.5.